The lowest BCUT2D eigenvalue weighted by molar-refractivity contribution is 0.0746. The Morgan fingerprint density at radius 1 is 1.08 bits per heavy atom. The van der Waals surface area contributed by atoms with Crippen LogP contribution in [0.2, 0.25) is 0 Å². The van der Waals surface area contributed by atoms with Crippen molar-refractivity contribution in [3.63, 3.8) is 0 Å². The lowest BCUT2D eigenvalue weighted by Gasteiger charge is -2.11. The van der Waals surface area contributed by atoms with Crippen LogP contribution in [0.5, 0.6) is 0 Å². The first kappa shape index (κ1) is 18.1. The molecule has 0 aliphatic rings. The first-order chi connectivity index (χ1) is 11.4. The second-order valence-electron chi connectivity index (χ2n) is 5.15. The molecular weight excluding hydrogens is 332 g/mol. The van der Waals surface area contributed by atoms with E-state index in [1.54, 1.807) is 12.1 Å². The van der Waals surface area contributed by atoms with Gasteiger partial charge >= 0.3 is 16.1 Å². The van der Waals surface area contributed by atoms with E-state index in [0.29, 0.717) is 18.4 Å². The Hall–Kier alpha value is -2.22. The molecule has 0 amide bonds. The molecule has 6 nitrogen and oxygen atoms in total. The van der Waals surface area contributed by atoms with Gasteiger partial charge in [-0.2, -0.15) is 8.42 Å². The minimum absolute atomic E-state index is 0.0232. The van der Waals surface area contributed by atoms with Crippen LogP contribution in [0.25, 0.3) is 0 Å². The van der Waals surface area contributed by atoms with E-state index >= 15 is 0 Å². The zero-order valence-electron chi connectivity index (χ0n) is 12.8. The highest BCUT2D eigenvalue weighted by Gasteiger charge is 2.21. The maximum Gasteiger partial charge on any atom is 0.354 e. The predicted octanol–water partition coefficient (Wildman–Crippen LogP) is 2.04. The zero-order valence-corrected chi connectivity index (χ0v) is 13.6. The molecule has 0 spiro atoms. The lowest BCUT2D eigenvalue weighted by Crippen LogP contribution is -2.14. The molecule has 0 saturated carbocycles. The minimum Gasteiger partial charge on any atom is -0.396 e. The molecule has 0 radical (unpaired) electrons. The van der Waals surface area contributed by atoms with Crippen molar-refractivity contribution in [1.29, 1.82) is 0 Å². The average molecular weight is 350 g/mol. The summed E-state index contributed by atoms with van der Waals surface area (Å²) in [4.78, 5) is 12.0. The van der Waals surface area contributed by atoms with Crippen molar-refractivity contribution in [2.45, 2.75) is 23.8 Å². The van der Waals surface area contributed by atoms with Gasteiger partial charge in [-0.3, -0.25) is 0 Å². The van der Waals surface area contributed by atoms with Crippen molar-refractivity contribution in [2.75, 3.05) is 6.61 Å². The van der Waals surface area contributed by atoms with Gasteiger partial charge in [0.1, 0.15) is 4.90 Å². The SMILES string of the molecule is O=C(OS(=O)(=O)c1ccccc1)c1cccc(C(O)CCCO)c1. The molecule has 0 bridgehead atoms. The summed E-state index contributed by atoms with van der Waals surface area (Å²) >= 11 is 0. The van der Waals surface area contributed by atoms with E-state index in [4.69, 9.17) is 5.11 Å². The van der Waals surface area contributed by atoms with E-state index in [0.717, 1.165) is 0 Å². The van der Waals surface area contributed by atoms with Crippen LogP contribution < -0.4 is 0 Å². The number of carbonyl (C=O) groups is 1. The quantitative estimate of drug-likeness (QED) is 0.741. The number of rotatable bonds is 7. The molecule has 1 atom stereocenters. The molecule has 0 saturated heterocycles. The van der Waals surface area contributed by atoms with Gasteiger partial charge in [0.05, 0.1) is 11.7 Å². The Morgan fingerprint density at radius 3 is 2.46 bits per heavy atom. The molecule has 2 aromatic rings. The summed E-state index contributed by atoms with van der Waals surface area (Å²) in [6, 6.07) is 13.3. The van der Waals surface area contributed by atoms with Crippen molar-refractivity contribution in [3.8, 4) is 0 Å². The fraction of sp³-hybridized carbons (Fsp3) is 0.235. The van der Waals surface area contributed by atoms with Gasteiger partial charge in [0.2, 0.25) is 0 Å². The van der Waals surface area contributed by atoms with E-state index in [-0.39, 0.29) is 17.1 Å². The van der Waals surface area contributed by atoms with Gasteiger partial charge in [0.25, 0.3) is 0 Å². The number of carbonyl (C=O) groups excluding carboxylic acids is 1. The van der Waals surface area contributed by atoms with Gasteiger partial charge in [0, 0.05) is 6.61 Å². The highest BCUT2D eigenvalue weighted by molar-refractivity contribution is 7.87. The van der Waals surface area contributed by atoms with Crippen LogP contribution in [0.15, 0.2) is 59.5 Å². The molecule has 24 heavy (non-hydrogen) atoms. The van der Waals surface area contributed by atoms with Crippen LogP contribution in [0.4, 0.5) is 0 Å². The Kier molecular flexibility index (Phi) is 6.08. The van der Waals surface area contributed by atoms with E-state index in [1.807, 2.05) is 0 Å². The van der Waals surface area contributed by atoms with Crippen molar-refractivity contribution in [2.24, 2.45) is 0 Å². The summed E-state index contributed by atoms with van der Waals surface area (Å²) in [6.45, 7) is -0.0475. The van der Waals surface area contributed by atoms with Crippen LogP contribution in [0.3, 0.4) is 0 Å². The highest BCUT2D eigenvalue weighted by atomic mass is 32.2. The predicted molar refractivity (Wildman–Crippen MR) is 86.8 cm³/mol. The molecule has 1 unspecified atom stereocenters. The molecule has 7 heteroatoms. The standard InChI is InChI=1S/C17H18O6S/c18-11-5-10-16(19)13-6-4-7-14(12-13)17(20)23-24(21,22)15-8-2-1-3-9-15/h1-4,6-9,12,16,18-19H,5,10-11H2. The fourth-order valence-electron chi connectivity index (χ4n) is 2.11. The fourth-order valence-corrected chi connectivity index (χ4v) is 2.99. The van der Waals surface area contributed by atoms with Gasteiger partial charge in [-0.15, -0.1) is 0 Å². The summed E-state index contributed by atoms with van der Waals surface area (Å²) in [5, 5.41) is 18.8. The zero-order chi connectivity index (χ0) is 17.6. The number of hydrogen-bond acceptors (Lipinski definition) is 6. The molecule has 0 heterocycles. The van der Waals surface area contributed by atoms with Crippen molar-refractivity contribution in [3.05, 3.63) is 65.7 Å². The summed E-state index contributed by atoms with van der Waals surface area (Å²) in [7, 11) is -4.20. The Labute approximate surface area is 140 Å². The van der Waals surface area contributed by atoms with Gasteiger partial charge in [0.15, 0.2) is 0 Å². The third-order valence-electron chi connectivity index (χ3n) is 3.36. The monoisotopic (exact) mass is 350 g/mol. The molecule has 2 aromatic carbocycles. The molecular formula is C17H18O6S. The molecule has 0 aliphatic heterocycles. The first-order valence-corrected chi connectivity index (χ1v) is 8.77. The Morgan fingerprint density at radius 2 is 1.79 bits per heavy atom. The highest BCUT2D eigenvalue weighted by Crippen LogP contribution is 2.21. The van der Waals surface area contributed by atoms with E-state index in [9.17, 15) is 18.3 Å². The second-order valence-corrected chi connectivity index (χ2v) is 6.69. The van der Waals surface area contributed by atoms with E-state index in [1.165, 1.54) is 42.5 Å². The van der Waals surface area contributed by atoms with Crippen molar-refractivity contribution >= 4 is 16.1 Å². The summed E-state index contributed by atoms with van der Waals surface area (Å²) in [5.74, 6) is -1.02. The normalized spacial score (nSPS) is 12.6. The summed E-state index contributed by atoms with van der Waals surface area (Å²) < 4.78 is 28.7. The third-order valence-corrected chi connectivity index (χ3v) is 4.58. The number of aliphatic hydroxyl groups is 2. The minimum atomic E-state index is -4.20. The molecule has 128 valence electrons. The van der Waals surface area contributed by atoms with Gasteiger partial charge in [-0.25, -0.2) is 4.79 Å². The Balaban J connectivity index is 2.16. The lowest BCUT2D eigenvalue weighted by atomic mass is 10.0. The van der Waals surface area contributed by atoms with Gasteiger partial charge < -0.3 is 14.4 Å². The van der Waals surface area contributed by atoms with Gasteiger partial charge in [-0.05, 0) is 42.7 Å². The largest absolute Gasteiger partial charge is 0.396 e. The summed E-state index contributed by atoms with van der Waals surface area (Å²) in [5.41, 5.74) is 0.477. The van der Waals surface area contributed by atoms with Crippen LogP contribution in [0.1, 0.15) is 34.9 Å². The molecule has 0 aromatic heterocycles. The molecule has 0 aliphatic carbocycles. The topological polar surface area (TPSA) is 101 Å². The number of aliphatic hydroxyl groups excluding tert-OH is 2. The van der Waals surface area contributed by atoms with Crippen LogP contribution in [-0.2, 0) is 14.3 Å². The Bertz CT molecular complexity index is 786. The molecule has 2 N–H and O–H groups in total. The van der Waals surface area contributed by atoms with Crippen LogP contribution in [-0.4, -0.2) is 31.2 Å². The van der Waals surface area contributed by atoms with Crippen LogP contribution in [0, 0.1) is 0 Å². The maximum absolute atomic E-state index is 12.1. The maximum atomic E-state index is 12.1. The average Bonchev–Trinajstić information content (AvgIpc) is 2.60. The van der Waals surface area contributed by atoms with Crippen molar-refractivity contribution < 1.29 is 27.6 Å². The summed E-state index contributed by atoms with van der Waals surface area (Å²) in [6.07, 6.45) is -0.106. The van der Waals surface area contributed by atoms with Crippen LogP contribution >= 0.6 is 0 Å². The second kappa shape index (κ2) is 8.05. The molecule has 2 rings (SSSR count). The van der Waals surface area contributed by atoms with Crippen molar-refractivity contribution in [1.82, 2.24) is 0 Å². The third kappa shape index (κ3) is 4.64. The number of benzene rings is 2. The van der Waals surface area contributed by atoms with E-state index < -0.39 is 22.2 Å². The smallest absolute Gasteiger partial charge is 0.354 e. The molecule has 0 fully saturated rings. The van der Waals surface area contributed by atoms with Gasteiger partial charge in [-0.1, -0.05) is 30.3 Å². The number of hydrogen-bond donors (Lipinski definition) is 2. The van der Waals surface area contributed by atoms with E-state index in [2.05, 4.69) is 4.18 Å². The first-order valence-electron chi connectivity index (χ1n) is 7.37.